The van der Waals surface area contributed by atoms with Crippen molar-refractivity contribution < 1.29 is 20.1 Å². The molecule has 12 heteroatoms. The molecule has 0 unspecified atom stereocenters. The SMILES string of the molecule is Cc1ccc(-n2nc(C)c(N=Nc3ccc4cc(C)c(N=Nc5ccc(N=Nc6cccc(C)c6)cc5C(=O)O)c(O)c4c3)c2O)cc1. The number of phenolic OH excluding ortho intramolecular Hbond substituents is 1. The number of carboxylic acid groups (broad SMARTS) is 1. The van der Waals surface area contributed by atoms with Gasteiger partial charge in [-0.15, -0.1) is 15.3 Å². The van der Waals surface area contributed by atoms with E-state index >= 15 is 0 Å². The van der Waals surface area contributed by atoms with Crippen LogP contribution in [-0.4, -0.2) is 31.1 Å². The Morgan fingerprint density at radius 2 is 1.33 bits per heavy atom. The average molecular weight is 639 g/mol. The standard InChI is InChI=1S/C36H30N8O4/c1-20-8-13-28(14-9-20)44-35(46)33(23(4)43-44)42-39-26-11-10-24-17-22(3)32(34(45)29(24)18-26)41-40-31-15-12-27(19-30(31)36(47)48)38-37-25-7-5-6-21(2)16-25/h5-19,45-46H,1-4H3,(H,47,48). The Hall–Kier alpha value is -6.56. The monoisotopic (exact) mass is 638 g/mol. The number of azo groups is 3. The van der Waals surface area contributed by atoms with E-state index in [0.717, 1.165) is 16.5 Å². The molecule has 0 saturated carbocycles. The predicted molar refractivity (Wildman–Crippen MR) is 182 cm³/mol. The summed E-state index contributed by atoms with van der Waals surface area (Å²) in [5.41, 5.74) is 5.65. The van der Waals surface area contributed by atoms with Crippen molar-refractivity contribution in [2.45, 2.75) is 27.7 Å². The molecular formula is C36H30N8O4. The van der Waals surface area contributed by atoms with Crippen molar-refractivity contribution in [3.05, 3.63) is 119 Å². The van der Waals surface area contributed by atoms with Gasteiger partial charge in [0.2, 0.25) is 5.88 Å². The van der Waals surface area contributed by atoms with Gasteiger partial charge in [-0.25, -0.2) is 4.79 Å². The molecule has 5 aromatic carbocycles. The van der Waals surface area contributed by atoms with Gasteiger partial charge in [-0.05, 0) is 105 Å². The summed E-state index contributed by atoms with van der Waals surface area (Å²) in [4.78, 5) is 12.1. The van der Waals surface area contributed by atoms with Crippen LogP contribution < -0.4 is 0 Å². The summed E-state index contributed by atoms with van der Waals surface area (Å²) in [6.07, 6.45) is 0. The van der Waals surface area contributed by atoms with Crippen molar-refractivity contribution >= 4 is 50.9 Å². The average Bonchev–Trinajstić information content (AvgIpc) is 3.35. The highest BCUT2D eigenvalue weighted by Crippen LogP contribution is 2.41. The zero-order valence-corrected chi connectivity index (χ0v) is 26.5. The first-order chi connectivity index (χ1) is 23.1. The summed E-state index contributed by atoms with van der Waals surface area (Å²) in [6, 6.07) is 26.5. The number of carbonyl (C=O) groups is 1. The van der Waals surface area contributed by atoms with Crippen molar-refractivity contribution in [3.63, 3.8) is 0 Å². The normalized spacial score (nSPS) is 11.8. The minimum absolute atomic E-state index is 0.0832. The fourth-order valence-electron chi connectivity index (χ4n) is 5.03. The molecule has 12 nitrogen and oxygen atoms in total. The Labute approximate surface area is 275 Å². The summed E-state index contributed by atoms with van der Waals surface area (Å²) in [6.45, 7) is 7.41. The van der Waals surface area contributed by atoms with Crippen molar-refractivity contribution in [1.29, 1.82) is 0 Å². The molecule has 0 atom stereocenters. The zero-order chi connectivity index (χ0) is 33.9. The van der Waals surface area contributed by atoms with Gasteiger partial charge in [0.25, 0.3) is 0 Å². The first-order valence-electron chi connectivity index (χ1n) is 14.9. The van der Waals surface area contributed by atoms with E-state index in [1.54, 1.807) is 44.2 Å². The van der Waals surface area contributed by atoms with Crippen LogP contribution in [0.25, 0.3) is 16.5 Å². The number of fused-ring (bicyclic) bond motifs is 1. The lowest BCUT2D eigenvalue weighted by Crippen LogP contribution is -1.96. The van der Waals surface area contributed by atoms with Gasteiger partial charge in [-0.2, -0.15) is 25.1 Å². The van der Waals surface area contributed by atoms with Crippen molar-refractivity contribution in [2.24, 2.45) is 30.7 Å². The molecule has 6 aromatic rings. The van der Waals surface area contributed by atoms with Crippen LogP contribution in [-0.2, 0) is 0 Å². The van der Waals surface area contributed by atoms with E-state index < -0.39 is 5.97 Å². The van der Waals surface area contributed by atoms with Gasteiger partial charge in [0.1, 0.15) is 11.4 Å². The quantitative estimate of drug-likeness (QED) is 0.141. The zero-order valence-electron chi connectivity index (χ0n) is 26.5. The van der Waals surface area contributed by atoms with Gasteiger partial charge in [-0.1, -0.05) is 35.9 Å². The number of aromatic carboxylic acids is 1. The number of phenols is 1. The molecule has 3 N–H and O–H groups in total. The van der Waals surface area contributed by atoms with Crippen molar-refractivity contribution in [3.8, 4) is 17.3 Å². The van der Waals surface area contributed by atoms with E-state index in [0.29, 0.717) is 39.4 Å². The third-order valence-corrected chi connectivity index (χ3v) is 7.56. The molecule has 6 rings (SSSR count). The fourth-order valence-corrected chi connectivity index (χ4v) is 5.03. The molecule has 0 bridgehead atoms. The van der Waals surface area contributed by atoms with Crippen molar-refractivity contribution in [1.82, 2.24) is 9.78 Å². The molecule has 0 radical (unpaired) electrons. The second-order valence-electron chi connectivity index (χ2n) is 11.2. The van der Waals surface area contributed by atoms with Crippen LogP contribution in [0.15, 0.2) is 122 Å². The van der Waals surface area contributed by atoms with Gasteiger partial charge in [0.15, 0.2) is 11.4 Å². The Bertz CT molecular complexity index is 2290. The van der Waals surface area contributed by atoms with Crippen LogP contribution in [0.2, 0.25) is 0 Å². The maximum atomic E-state index is 12.1. The summed E-state index contributed by atoms with van der Waals surface area (Å²) in [7, 11) is 0. The third kappa shape index (κ3) is 6.53. The van der Waals surface area contributed by atoms with Gasteiger partial charge in [0, 0.05) is 5.39 Å². The summed E-state index contributed by atoms with van der Waals surface area (Å²) < 4.78 is 1.40. The Morgan fingerprint density at radius 1 is 0.667 bits per heavy atom. The summed E-state index contributed by atoms with van der Waals surface area (Å²) in [5.74, 6) is -1.51. The number of aromatic nitrogens is 2. The summed E-state index contributed by atoms with van der Waals surface area (Å²) >= 11 is 0. The second kappa shape index (κ2) is 13.0. The molecule has 0 aliphatic rings. The number of carboxylic acids is 1. The first-order valence-corrected chi connectivity index (χ1v) is 14.9. The fraction of sp³-hybridized carbons (Fsp3) is 0.111. The highest BCUT2D eigenvalue weighted by molar-refractivity contribution is 5.96. The highest BCUT2D eigenvalue weighted by Gasteiger charge is 2.17. The number of hydrogen-bond acceptors (Lipinski definition) is 10. The number of hydrogen-bond donors (Lipinski definition) is 3. The molecule has 0 aliphatic carbocycles. The second-order valence-corrected chi connectivity index (χ2v) is 11.2. The molecule has 0 spiro atoms. The molecule has 0 fully saturated rings. The van der Waals surface area contributed by atoms with Crippen LogP contribution >= 0.6 is 0 Å². The smallest absolute Gasteiger partial charge is 0.338 e. The predicted octanol–water partition coefficient (Wildman–Crippen LogP) is 10.6. The first kappa shape index (κ1) is 31.4. The van der Waals surface area contributed by atoms with Crippen LogP contribution in [0.5, 0.6) is 11.6 Å². The minimum Gasteiger partial charge on any atom is -0.505 e. The van der Waals surface area contributed by atoms with Gasteiger partial charge < -0.3 is 15.3 Å². The molecule has 0 saturated heterocycles. The van der Waals surface area contributed by atoms with E-state index in [9.17, 15) is 20.1 Å². The molecule has 238 valence electrons. The lowest BCUT2D eigenvalue weighted by molar-refractivity contribution is 0.0697. The topological polar surface area (TPSA) is 170 Å². The molecular weight excluding hydrogens is 608 g/mol. The third-order valence-electron chi connectivity index (χ3n) is 7.56. The van der Waals surface area contributed by atoms with Crippen LogP contribution in [0, 0.1) is 27.7 Å². The van der Waals surface area contributed by atoms with Gasteiger partial charge >= 0.3 is 5.97 Å². The van der Waals surface area contributed by atoms with E-state index in [1.165, 1.54) is 16.8 Å². The Morgan fingerprint density at radius 3 is 2.06 bits per heavy atom. The highest BCUT2D eigenvalue weighted by atomic mass is 16.4. The van der Waals surface area contributed by atoms with Crippen LogP contribution in [0.1, 0.15) is 32.7 Å². The lowest BCUT2D eigenvalue weighted by Gasteiger charge is -2.08. The molecule has 0 amide bonds. The summed E-state index contributed by atoms with van der Waals surface area (Å²) in [5, 5.41) is 62.9. The van der Waals surface area contributed by atoms with Gasteiger partial charge in [0.05, 0.1) is 34.0 Å². The van der Waals surface area contributed by atoms with Crippen LogP contribution in [0.3, 0.4) is 0 Å². The number of benzene rings is 5. The maximum Gasteiger partial charge on any atom is 0.338 e. The van der Waals surface area contributed by atoms with E-state index in [1.807, 2.05) is 62.4 Å². The lowest BCUT2D eigenvalue weighted by atomic mass is 10.0. The minimum atomic E-state index is -1.21. The number of aryl methyl sites for hydroxylation is 4. The maximum absolute atomic E-state index is 12.1. The molecule has 1 aromatic heterocycles. The van der Waals surface area contributed by atoms with E-state index in [-0.39, 0.29) is 34.3 Å². The number of aromatic hydroxyl groups is 2. The molecule has 48 heavy (non-hydrogen) atoms. The van der Waals surface area contributed by atoms with E-state index in [2.05, 4.69) is 35.8 Å². The molecule has 0 aliphatic heterocycles. The molecule has 1 heterocycles. The number of nitrogens with zero attached hydrogens (tertiary/aromatic N) is 8. The number of rotatable bonds is 8. The Kier molecular flexibility index (Phi) is 8.54. The van der Waals surface area contributed by atoms with Crippen LogP contribution in [0.4, 0.5) is 34.1 Å². The largest absolute Gasteiger partial charge is 0.505 e. The van der Waals surface area contributed by atoms with Gasteiger partial charge in [-0.3, -0.25) is 0 Å². The Balaban J connectivity index is 1.28. The van der Waals surface area contributed by atoms with Crippen molar-refractivity contribution in [2.75, 3.05) is 0 Å². The van der Waals surface area contributed by atoms with E-state index in [4.69, 9.17) is 0 Å².